The van der Waals surface area contributed by atoms with Gasteiger partial charge in [-0.1, -0.05) is 125 Å². The molecule has 374 valence electrons. The Labute approximate surface area is 412 Å². The molecular formula is C54H60N4O13. The maximum atomic E-state index is 13.8. The predicted molar refractivity (Wildman–Crippen MR) is 260 cm³/mol. The van der Waals surface area contributed by atoms with Crippen LogP contribution in [0.5, 0.6) is 5.75 Å². The van der Waals surface area contributed by atoms with Gasteiger partial charge in [-0.3, -0.25) is 24.0 Å². The average molecular weight is 973 g/mol. The van der Waals surface area contributed by atoms with Crippen molar-refractivity contribution in [3.05, 3.63) is 149 Å². The highest BCUT2D eigenvalue weighted by Gasteiger charge is 2.34. The van der Waals surface area contributed by atoms with E-state index in [0.29, 0.717) is 42.4 Å². The first-order valence-corrected chi connectivity index (χ1v) is 23.5. The monoisotopic (exact) mass is 972 g/mol. The molecule has 0 aliphatic heterocycles. The number of nitrogens with one attached hydrogen (secondary N) is 3. The number of hydroxylamine groups is 2. The molecule has 17 nitrogen and oxygen atoms in total. The van der Waals surface area contributed by atoms with E-state index in [0.717, 1.165) is 29.0 Å². The summed E-state index contributed by atoms with van der Waals surface area (Å²) in [7, 11) is 0. The van der Waals surface area contributed by atoms with Gasteiger partial charge in [0.1, 0.15) is 36.5 Å². The third-order valence-corrected chi connectivity index (χ3v) is 11.3. The van der Waals surface area contributed by atoms with Gasteiger partial charge in [-0.15, -0.1) is 0 Å². The van der Waals surface area contributed by atoms with Crippen LogP contribution in [-0.4, -0.2) is 78.2 Å². The largest absolute Gasteiger partial charge is 0.481 e. The summed E-state index contributed by atoms with van der Waals surface area (Å²) in [6, 6.07) is 29.8. The molecule has 0 saturated heterocycles. The summed E-state index contributed by atoms with van der Waals surface area (Å²) in [4.78, 5) is 110. The van der Waals surface area contributed by atoms with Crippen LogP contribution in [0.4, 0.5) is 0 Å². The number of esters is 2. The van der Waals surface area contributed by atoms with Gasteiger partial charge in [0.2, 0.25) is 12.3 Å². The highest BCUT2D eigenvalue weighted by atomic mass is 16.7. The summed E-state index contributed by atoms with van der Waals surface area (Å²) >= 11 is 0. The molecule has 4 aromatic carbocycles. The molecule has 71 heavy (non-hydrogen) atoms. The van der Waals surface area contributed by atoms with E-state index >= 15 is 0 Å². The van der Waals surface area contributed by atoms with Gasteiger partial charge in [-0.25, -0.2) is 14.4 Å². The second kappa shape index (κ2) is 27.8. The Hall–Kier alpha value is -8.08. The first kappa shape index (κ1) is 53.9. The zero-order chi connectivity index (χ0) is 51.1. The Bertz CT molecular complexity index is 2600. The third kappa shape index (κ3) is 16.3. The minimum atomic E-state index is -1.35. The number of rotatable bonds is 28. The standard InChI is InChI=1S/C54H60N4O13/c1-5-8-11-24-42(45(7-3)58(35-59)71-53(65)41-23-17-16-22-39(41)6-2)50(62)55-34-56-52(64)47-28-27-46(70-47)40-25-26-43(48(30-40)67-33-49(61)68-31-37-18-12-9-13-19-37)51(63)57-44(29-36(4)60)54(66)69-32-38-20-14-10-15-21-38/h9-10,12-23,25-28,30,35,42,44-45H,5-8,11,24,29,31-34H2,1-4H3,(H,55,62)(H,56,64)(H,57,63)/t42-,44+,45-/m1/s1. The molecule has 0 unspecified atom stereocenters. The summed E-state index contributed by atoms with van der Waals surface area (Å²) < 4.78 is 22.5. The van der Waals surface area contributed by atoms with Crippen molar-refractivity contribution < 1.29 is 61.8 Å². The first-order valence-electron chi connectivity index (χ1n) is 23.5. The van der Waals surface area contributed by atoms with Gasteiger partial charge in [0, 0.05) is 12.0 Å². The number of unbranched alkanes of at least 4 members (excludes halogenated alkanes) is 2. The molecule has 3 N–H and O–H groups in total. The van der Waals surface area contributed by atoms with E-state index in [1.807, 2.05) is 26.0 Å². The summed E-state index contributed by atoms with van der Waals surface area (Å²) in [5.74, 6) is -5.54. The summed E-state index contributed by atoms with van der Waals surface area (Å²) in [5.41, 5.74) is 2.72. The number of ether oxygens (including phenoxy) is 3. The zero-order valence-electron chi connectivity index (χ0n) is 40.3. The maximum Gasteiger partial charge on any atom is 0.363 e. The molecule has 0 aliphatic rings. The van der Waals surface area contributed by atoms with Crippen LogP contribution in [0.15, 0.2) is 120 Å². The lowest BCUT2D eigenvalue weighted by molar-refractivity contribution is -0.171. The molecule has 1 heterocycles. The summed E-state index contributed by atoms with van der Waals surface area (Å²) in [6.07, 6.45) is 3.63. The van der Waals surface area contributed by atoms with Crippen molar-refractivity contribution in [3.63, 3.8) is 0 Å². The summed E-state index contributed by atoms with van der Waals surface area (Å²) in [6.45, 7) is 5.92. The second-order valence-corrected chi connectivity index (χ2v) is 16.5. The minimum Gasteiger partial charge on any atom is -0.481 e. The smallest absolute Gasteiger partial charge is 0.363 e. The fourth-order valence-electron chi connectivity index (χ4n) is 7.58. The van der Waals surface area contributed by atoms with Crippen molar-refractivity contribution in [3.8, 4) is 17.1 Å². The molecule has 3 atom stereocenters. The number of benzene rings is 4. The van der Waals surface area contributed by atoms with Gasteiger partial charge in [0.25, 0.3) is 11.8 Å². The number of aryl methyl sites for hydroxylation is 1. The number of hydrogen-bond donors (Lipinski definition) is 3. The van der Waals surface area contributed by atoms with Gasteiger partial charge in [0.15, 0.2) is 12.4 Å². The van der Waals surface area contributed by atoms with E-state index in [-0.39, 0.29) is 61.3 Å². The average Bonchev–Trinajstić information content (AvgIpc) is 3.89. The van der Waals surface area contributed by atoms with E-state index in [1.54, 1.807) is 79.7 Å². The number of carbonyl (C=O) groups is 8. The molecule has 0 saturated carbocycles. The van der Waals surface area contributed by atoms with Crippen LogP contribution < -0.4 is 20.7 Å². The fourth-order valence-corrected chi connectivity index (χ4v) is 7.58. The van der Waals surface area contributed by atoms with Gasteiger partial charge in [-0.2, -0.15) is 5.06 Å². The van der Waals surface area contributed by atoms with Gasteiger partial charge < -0.3 is 39.4 Å². The number of nitrogens with zero attached hydrogens (tertiary/aromatic N) is 1. The van der Waals surface area contributed by atoms with E-state index in [1.165, 1.54) is 37.3 Å². The Morgan fingerprint density at radius 1 is 0.732 bits per heavy atom. The van der Waals surface area contributed by atoms with Crippen LogP contribution in [0.2, 0.25) is 0 Å². The van der Waals surface area contributed by atoms with Crippen LogP contribution in [0.25, 0.3) is 11.3 Å². The normalized spacial score (nSPS) is 12.0. The predicted octanol–water partition coefficient (Wildman–Crippen LogP) is 7.46. The SMILES string of the molecule is CCCCC[C@@H](C(=O)NCNC(=O)c1ccc(-c2ccc(C(=O)N[C@@H](CC(C)=O)C(=O)OCc3ccccc3)c(OCC(=O)OCc3ccccc3)c2)o1)[C@@H](CC)N(C=O)OC(=O)c1ccccc1CC. The number of Topliss-reactive ketones (excluding diaryl/α,β-unsaturated/α-hetero) is 1. The number of amides is 4. The highest BCUT2D eigenvalue weighted by Crippen LogP contribution is 2.30. The Kier molecular flexibility index (Phi) is 21.1. The third-order valence-electron chi connectivity index (χ3n) is 11.3. The molecule has 0 fully saturated rings. The van der Waals surface area contributed by atoms with Crippen molar-refractivity contribution in [1.82, 2.24) is 21.0 Å². The van der Waals surface area contributed by atoms with E-state index < -0.39 is 60.2 Å². The molecular weight excluding hydrogens is 913 g/mol. The highest BCUT2D eigenvalue weighted by molar-refractivity contribution is 6.01. The molecule has 0 radical (unpaired) electrons. The molecule has 0 bridgehead atoms. The number of ketones is 1. The molecule has 5 aromatic rings. The van der Waals surface area contributed by atoms with Crippen molar-refractivity contribution in [1.29, 1.82) is 0 Å². The number of hydrogen-bond acceptors (Lipinski definition) is 13. The quantitative estimate of drug-likeness (QED) is 0.0146. The fraction of sp³-hybridized carbons (Fsp3) is 0.333. The van der Waals surface area contributed by atoms with E-state index in [2.05, 4.69) is 16.0 Å². The molecule has 5 rings (SSSR count). The summed E-state index contributed by atoms with van der Waals surface area (Å²) in [5, 5.41) is 8.79. The van der Waals surface area contributed by atoms with E-state index in [4.69, 9.17) is 23.5 Å². The van der Waals surface area contributed by atoms with Crippen molar-refractivity contribution in [2.24, 2.45) is 5.92 Å². The van der Waals surface area contributed by atoms with Crippen molar-refractivity contribution in [2.75, 3.05) is 13.3 Å². The van der Waals surface area contributed by atoms with Crippen LogP contribution in [-0.2, 0) is 57.9 Å². The van der Waals surface area contributed by atoms with Crippen LogP contribution in [0.3, 0.4) is 0 Å². The van der Waals surface area contributed by atoms with Gasteiger partial charge >= 0.3 is 17.9 Å². The topological polar surface area (TPSA) is 226 Å². The molecule has 17 heteroatoms. The molecule has 0 aliphatic carbocycles. The number of carbonyl (C=O) groups excluding carboxylic acids is 8. The maximum absolute atomic E-state index is 13.8. The van der Waals surface area contributed by atoms with Crippen LogP contribution >= 0.6 is 0 Å². The van der Waals surface area contributed by atoms with Crippen molar-refractivity contribution >= 4 is 47.8 Å². The Balaban J connectivity index is 1.28. The van der Waals surface area contributed by atoms with Gasteiger partial charge in [-0.05, 0) is 73.2 Å². The van der Waals surface area contributed by atoms with Crippen LogP contribution in [0.1, 0.15) is 114 Å². The molecule has 4 amide bonds. The zero-order valence-corrected chi connectivity index (χ0v) is 40.3. The lowest BCUT2D eigenvalue weighted by atomic mass is 9.90. The van der Waals surface area contributed by atoms with E-state index in [9.17, 15) is 38.4 Å². The van der Waals surface area contributed by atoms with Crippen molar-refractivity contribution in [2.45, 2.75) is 97.9 Å². The van der Waals surface area contributed by atoms with Crippen LogP contribution in [0, 0.1) is 5.92 Å². The number of furan rings is 1. The molecule has 0 spiro atoms. The Morgan fingerprint density at radius 3 is 2.06 bits per heavy atom. The molecule has 1 aromatic heterocycles. The minimum absolute atomic E-state index is 0.0289. The van der Waals surface area contributed by atoms with Gasteiger partial charge in [0.05, 0.1) is 29.8 Å². The second-order valence-electron chi connectivity index (χ2n) is 16.5. The lowest BCUT2D eigenvalue weighted by Gasteiger charge is -2.32. The Morgan fingerprint density at radius 2 is 1.41 bits per heavy atom. The first-order chi connectivity index (χ1) is 34.3. The lowest BCUT2D eigenvalue weighted by Crippen LogP contribution is -2.49.